The second-order valence-electron chi connectivity index (χ2n) is 4.77. The Morgan fingerprint density at radius 2 is 1.94 bits per heavy atom. The van der Waals surface area contributed by atoms with Crippen LogP contribution in [0.5, 0.6) is 0 Å². The van der Waals surface area contributed by atoms with Gasteiger partial charge in [0.05, 0.1) is 0 Å². The Kier molecular flexibility index (Phi) is 3.77. The van der Waals surface area contributed by atoms with Crippen LogP contribution in [0.1, 0.15) is 35.1 Å². The topological polar surface area (TPSA) is 56.7 Å². The lowest BCUT2D eigenvalue weighted by Gasteiger charge is -2.13. The molecule has 96 valence electrons. The van der Waals surface area contributed by atoms with Gasteiger partial charge < -0.3 is 5.73 Å². The van der Waals surface area contributed by atoms with Crippen LogP contribution < -0.4 is 5.73 Å². The van der Waals surface area contributed by atoms with E-state index in [2.05, 4.69) is 22.2 Å². The van der Waals surface area contributed by atoms with Crippen molar-refractivity contribution in [2.45, 2.75) is 32.7 Å². The number of aromatic nitrogens is 3. The monoisotopic (exact) mass is 244 g/mol. The van der Waals surface area contributed by atoms with Crippen molar-refractivity contribution in [2.75, 3.05) is 0 Å². The van der Waals surface area contributed by atoms with E-state index in [1.165, 1.54) is 11.3 Å². The predicted octanol–water partition coefficient (Wildman–Crippen LogP) is 2.06. The molecule has 0 aliphatic rings. The Morgan fingerprint density at radius 1 is 1.28 bits per heavy atom. The third-order valence-electron chi connectivity index (χ3n) is 3.17. The van der Waals surface area contributed by atoms with E-state index >= 15 is 0 Å². The molecule has 1 unspecified atom stereocenters. The zero-order valence-electron chi connectivity index (χ0n) is 11.2. The van der Waals surface area contributed by atoms with E-state index in [-0.39, 0.29) is 6.04 Å². The Bertz CT molecular complexity index is 510. The average molecular weight is 244 g/mol. The van der Waals surface area contributed by atoms with Gasteiger partial charge in [-0.15, -0.1) is 0 Å². The van der Waals surface area contributed by atoms with Crippen molar-refractivity contribution in [3.63, 3.8) is 0 Å². The molecule has 0 fully saturated rings. The SMILES string of the molecule is Cc1cc(C(N)CCc2ccnn2C)cc(C)n1. The van der Waals surface area contributed by atoms with E-state index in [9.17, 15) is 0 Å². The molecule has 0 radical (unpaired) electrons. The highest BCUT2D eigenvalue weighted by atomic mass is 15.2. The maximum atomic E-state index is 6.24. The second-order valence-corrected chi connectivity index (χ2v) is 4.77. The minimum Gasteiger partial charge on any atom is -0.324 e. The molecule has 1 atom stereocenters. The standard InChI is InChI=1S/C14H20N4/c1-10-8-12(9-11(2)17-10)14(15)5-4-13-6-7-16-18(13)3/h6-9,14H,4-5,15H2,1-3H3. The summed E-state index contributed by atoms with van der Waals surface area (Å²) in [6, 6.07) is 6.23. The fourth-order valence-corrected chi connectivity index (χ4v) is 2.20. The average Bonchev–Trinajstić information content (AvgIpc) is 2.70. The van der Waals surface area contributed by atoms with Crippen LogP contribution in [0.3, 0.4) is 0 Å². The molecular weight excluding hydrogens is 224 g/mol. The highest BCUT2D eigenvalue weighted by Crippen LogP contribution is 2.18. The van der Waals surface area contributed by atoms with Gasteiger partial charge in [-0.25, -0.2) is 0 Å². The van der Waals surface area contributed by atoms with Crippen LogP contribution in [0.25, 0.3) is 0 Å². The Labute approximate surface area is 108 Å². The zero-order chi connectivity index (χ0) is 13.1. The first-order chi connectivity index (χ1) is 8.56. The van der Waals surface area contributed by atoms with Crippen molar-refractivity contribution in [1.29, 1.82) is 0 Å². The molecule has 0 bridgehead atoms. The summed E-state index contributed by atoms with van der Waals surface area (Å²) < 4.78 is 1.90. The summed E-state index contributed by atoms with van der Waals surface area (Å²) in [5, 5.41) is 4.16. The molecule has 0 aliphatic carbocycles. The molecule has 4 nitrogen and oxygen atoms in total. The van der Waals surface area contributed by atoms with Gasteiger partial charge in [0.2, 0.25) is 0 Å². The van der Waals surface area contributed by atoms with Crippen LogP contribution in [0.4, 0.5) is 0 Å². The van der Waals surface area contributed by atoms with Crippen molar-refractivity contribution in [1.82, 2.24) is 14.8 Å². The van der Waals surface area contributed by atoms with E-state index < -0.39 is 0 Å². The first-order valence-corrected chi connectivity index (χ1v) is 6.24. The minimum atomic E-state index is 0.0558. The molecule has 0 saturated heterocycles. The van der Waals surface area contributed by atoms with Gasteiger partial charge in [0, 0.05) is 36.4 Å². The Balaban J connectivity index is 2.03. The number of nitrogens with zero attached hydrogens (tertiary/aromatic N) is 3. The number of aryl methyl sites for hydroxylation is 4. The van der Waals surface area contributed by atoms with Gasteiger partial charge in [0.25, 0.3) is 0 Å². The summed E-state index contributed by atoms with van der Waals surface area (Å²) in [5.74, 6) is 0. The molecular formula is C14H20N4. The van der Waals surface area contributed by atoms with Gasteiger partial charge in [0.1, 0.15) is 0 Å². The van der Waals surface area contributed by atoms with Crippen molar-refractivity contribution in [2.24, 2.45) is 12.8 Å². The van der Waals surface area contributed by atoms with Gasteiger partial charge in [-0.2, -0.15) is 5.10 Å². The fourth-order valence-electron chi connectivity index (χ4n) is 2.20. The van der Waals surface area contributed by atoms with Crippen molar-refractivity contribution >= 4 is 0 Å². The van der Waals surface area contributed by atoms with Crippen molar-refractivity contribution in [3.8, 4) is 0 Å². The molecule has 2 aromatic rings. The summed E-state index contributed by atoms with van der Waals surface area (Å²) in [5.41, 5.74) is 10.7. The lowest BCUT2D eigenvalue weighted by Crippen LogP contribution is -2.13. The molecule has 2 heterocycles. The molecule has 0 spiro atoms. The van der Waals surface area contributed by atoms with Gasteiger partial charge in [0.15, 0.2) is 0 Å². The summed E-state index contributed by atoms with van der Waals surface area (Å²) in [7, 11) is 1.96. The van der Waals surface area contributed by atoms with Gasteiger partial charge in [-0.1, -0.05) is 0 Å². The second kappa shape index (κ2) is 5.31. The van der Waals surface area contributed by atoms with Crippen LogP contribution >= 0.6 is 0 Å². The number of nitrogens with two attached hydrogens (primary N) is 1. The molecule has 0 aromatic carbocycles. The normalized spacial score (nSPS) is 12.7. The molecule has 18 heavy (non-hydrogen) atoms. The molecule has 0 aliphatic heterocycles. The van der Waals surface area contributed by atoms with Crippen molar-refractivity contribution in [3.05, 3.63) is 47.0 Å². The summed E-state index contributed by atoms with van der Waals surface area (Å²) in [6.07, 6.45) is 3.68. The molecule has 0 amide bonds. The van der Waals surface area contributed by atoms with Gasteiger partial charge in [-0.3, -0.25) is 9.67 Å². The predicted molar refractivity (Wildman–Crippen MR) is 72.2 cm³/mol. The third-order valence-corrected chi connectivity index (χ3v) is 3.17. The first kappa shape index (κ1) is 12.8. The van der Waals surface area contributed by atoms with E-state index in [1.54, 1.807) is 0 Å². The molecule has 2 rings (SSSR count). The zero-order valence-corrected chi connectivity index (χ0v) is 11.2. The van der Waals surface area contributed by atoms with Crippen LogP contribution in [-0.4, -0.2) is 14.8 Å². The number of hydrogen-bond donors (Lipinski definition) is 1. The summed E-state index contributed by atoms with van der Waals surface area (Å²) in [4.78, 5) is 4.37. The maximum absolute atomic E-state index is 6.24. The number of pyridine rings is 1. The van der Waals surface area contributed by atoms with Crippen LogP contribution in [0.2, 0.25) is 0 Å². The van der Waals surface area contributed by atoms with Crippen LogP contribution in [0, 0.1) is 13.8 Å². The van der Waals surface area contributed by atoms with E-state index in [4.69, 9.17) is 5.73 Å². The van der Waals surface area contributed by atoms with Crippen LogP contribution in [0.15, 0.2) is 24.4 Å². The van der Waals surface area contributed by atoms with Gasteiger partial charge >= 0.3 is 0 Å². The third kappa shape index (κ3) is 2.96. The van der Waals surface area contributed by atoms with Crippen molar-refractivity contribution < 1.29 is 0 Å². The molecule has 2 aromatic heterocycles. The summed E-state index contributed by atoms with van der Waals surface area (Å²) >= 11 is 0. The van der Waals surface area contributed by atoms with Gasteiger partial charge in [-0.05, 0) is 50.5 Å². The fraction of sp³-hybridized carbons (Fsp3) is 0.429. The number of hydrogen-bond acceptors (Lipinski definition) is 3. The van der Waals surface area contributed by atoms with Crippen LogP contribution in [-0.2, 0) is 13.5 Å². The molecule has 0 saturated carbocycles. The highest BCUT2D eigenvalue weighted by molar-refractivity contribution is 5.23. The van der Waals surface area contributed by atoms with E-state index in [0.29, 0.717) is 0 Å². The summed E-state index contributed by atoms with van der Waals surface area (Å²) in [6.45, 7) is 4.01. The maximum Gasteiger partial charge on any atom is 0.0492 e. The van der Waals surface area contributed by atoms with E-state index in [1.807, 2.05) is 37.8 Å². The van der Waals surface area contributed by atoms with E-state index in [0.717, 1.165) is 24.2 Å². The lowest BCUT2D eigenvalue weighted by atomic mass is 10.0. The largest absolute Gasteiger partial charge is 0.324 e. The number of rotatable bonds is 4. The first-order valence-electron chi connectivity index (χ1n) is 6.24. The minimum absolute atomic E-state index is 0.0558. The highest BCUT2D eigenvalue weighted by Gasteiger charge is 2.09. The molecule has 2 N–H and O–H groups in total. The quantitative estimate of drug-likeness (QED) is 0.895. The lowest BCUT2D eigenvalue weighted by molar-refractivity contribution is 0.612. The molecule has 4 heteroatoms. The smallest absolute Gasteiger partial charge is 0.0492 e. The Hall–Kier alpha value is -1.68. The Morgan fingerprint density at radius 3 is 2.50 bits per heavy atom.